The maximum atomic E-state index is 12.5. The van der Waals surface area contributed by atoms with E-state index in [0.29, 0.717) is 28.6 Å². The number of aromatic nitrogens is 4. The average Bonchev–Trinajstić information content (AvgIpc) is 3.21. The highest BCUT2D eigenvalue weighted by Gasteiger charge is 2.10. The van der Waals surface area contributed by atoms with Gasteiger partial charge in [0.05, 0.1) is 12.0 Å². The normalized spacial score (nSPS) is 11.7. The predicted octanol–water partition coefficient (Wildman–Crippen LogP) is 5.22. The topological polar surface area (TPSA) is 89.8 Å². The van der Waals surface area contributed by atoms with Gasteiger partial charge in [-0.2, -0.15) is 4.80 Å². The predicted molar refractivity (Wildman–Crippen MR) is 130 cm³/mol. The summed E-state index contributed by atoms with van der Waals surface area (Å²) in [5, 5.41) is 14.3. The van der Waals surface area contributed by atoms with E-state index in [4.69, 9.17) is 11.6 Å². The molecule has 1 N–H and O–H groups in total. The second kappa shape index (κ2) is 9.64. The number of anilines is 1. The lowest BCUT2D eigenvalue weighted by Crippen LogP contribution is -2.08. The van der Waals surface area contributed by atoms with Crippen molar-refractivity contribution in [2.45, 2.75) is 6.54 Å². The lowest BCUT2D eigenvalue weighted by atomic mass is 10.2. The third-order valence-electron chi connectivity index (χ3n) is 4.34. The van der Waals surface area contributed by atoms with Crippen LogP contribution in [0.25, 0.3) is 17.5 Å². The zero-order valence-electron chi connectivity index (χ0n) is 16.6. The molecule has 0 fully saturated rings. The number of nitrogens with zero attached hydrogens (tertiary/aromatic N) is 4. The lowest BCUT2D eigenvalue weighted by molar-refractivity contribution is 0.573. The van der Waals surface area contributed by atoms with Crippen LogP contribution in [0.15, 0.2) is 82.7 Å². The van der Waals surface area contributed by atoms with E-state index >= 15 is 0 Å². The standard InChI is InChI=1S/C22H17BrClN5O2S/c23-19-7-1-4-16(12-19)10-11-32(30,31)27-21-9-3-6-18(14-21)22-25-28-29(26-22)15-17-5-2-8-20(24)13-17/h1-14,27H,15H2/b11-10+. The van der Waals surface area contributed by atoms with Crippen molar-refractivity contribution in [2.24, 2.45) is 0 Å². The molecule has 0 bridgehead atoms. The first-order valence-electron chi connectivity index (χ1n) is 9.45. The third-order valence-corrected chi connectivity index (χ3v) is 6.08. The van der Waals surface area contributed by atoms with Crippen LogP contribution in [-0.4, -0.2) is 28.6 Å². The van der Waals surface area contributed by atoms with Crippen molar-refractivity contribution in [3.05, 3.63) is 98.8 Å². The van der Waals surface area contributed by atoms with Gasteiger partial charge in [-0.15, -0.1) is 10.2 Å². The maximum absolute atomic E-state index is 12.5. The summed E-state index contributed by atoms with van der Waals surface area (Å²) < 4.78 is 28.4. The Labute approximate surface area is 198 Å². The van der Waals surface area contributed by atoms with E-state index in [1.807, 2.05) is 42.5 Å². The molecular weight excluding hydrogens is 514 g/mol. The Morgan fingerprint density at radius 2 is 1.84 bits per heavy atom. The summed E-state index contributed by atoms with van der Waals surface area (Å²) in [6, 6.07) is 21.6. The Balaban J connectivity index is 1.48. The fraction of sp³-hybridized carbons (Fsp3) is 0.0455. The largest absolute Gasteiger partial charge is 0.280 e. The van der Waals surface area contributed by atoms with Crippen molar-refractivity contribution >= 4 is 49.3 Å². The van der Waals surface area contributed by atoms with E-state index in [9.17, 15) is 8.42 Å². The molecule has 4 aromatic rings. The lowest BCUT2D eigenvalue weighted by Gasteiger charge is -2.05. The van der Waals surface area contributed by atoms with Gasteiger partial charge >= 0.3 is 0 Å². The van der Waals surface area contributed by atoms with Crippen LogP contribution in [-0.2, 0) is 16.6 Å². The minimum atomic E-state index is -3.70. The van der Waals surface area contributed by atoms with Gasteiger partial charge in [0, 0.05) is 20.7 Å². The number of tetrazole rings is 1. The molecule has 0 saturated heterocycles. The molecule has 0 spiro atoms. The second-order valence-electron chi connectivity index (χ2n) is 6.86. The van der Waals surface area contributed by atoms with Gasteiger partial charge in [-0.05, 0) is 58.8 Å². The molecule has 10 heteroatoms. The van der Waals surface area contributed by atoms with E-state index in [2.05, 4.69) is 36.1 Å². The minimum absolute atomic E-state index is 0.387. The number of halogens is 2. The molecule has 3 aromatic carbocycles. The first-order chi connectivity index (χ1) is 15.4. The quantitative estimate of drug-likeness (QED) is 0.354. The van der Waals surface area contributed by atoms with Gasteiger partial charge in [-0.3, -0.25) is 4.72 Å². The number of sulfonamides is 1. The molecule has 0 radical (unpaired) electrons. The van der Waals surface area contributed by atoms with Gasteiger partial charge in [0.1, 0.15) is 0 Å². The van der Waals surface area contributed by atoms with Crippen molar-refractivity contribution in [3.63, 3.8) is 0 Å². The molecule has 7 nitrogen and oxygen atoms in total. The Morgan fingerprint density at radius 1 is 1.03 bits per heavy atom. The summed E-state index contributed by atoms with van der Waals surface area (Å²) in [7, 11) is -3.70. The fourth-order valence-corrected chi connectivity index (χ4v) is 4.41. The summed E-state index contributed by atoms with van der Waals surface area (Å²) in [6.45, 7) is 0.417. The fourth-order valence-electron chi connectivity index (χ4n) is 2.92. The first kappa shape index (κ1) is 22.2. The Hall–Kier alpha value is -3.01. The van der Waals surface area contributed by atoms with Crippen LogP contribution in [0.5, 0.6) is 0 Å². The van der Waals surface area contributed by atoms with E-state index in [1.54, 1.807) is 30.3 Å². The Bertz CT molecular complexity index is 1390. The molecule has 0 atom stereocenters. The number of hydrogen-bond acceptors (Lipinski definition) is 5. The summed E-state index contributed by atoms with van der Waals surface area (Å²) >= 11 is 9.38. The average molecular weight is 531 g/mol. The molecule has 1 aromatic heterocycles. The minimum Gasteiger partial charge on any atom is -0.280 e. The Kier molecular flexibility index (Phi) is 6.69. The van der Waals surface area contributed by atoms with E-state index in [0.717, 1.165) is 21.0 Å². The van der Waals surface area contributed by atoms with Crippen LogP contribution < -0.4 is 4.72 Å². The zero-order valence-corrected chi connectivity index (χ0v) is 19.7. The molecule has 0 aliphatic rings. The number of nitrogens with one attached hydrogen (secondary N) is 1. The van der Waals surface area contributed by atoms with E-state index in [1.165, 1.54) is 10.9 Å². The molecule has 0 saturated carbocycles. The van der Waals surface area contributed by atoms with E-state index < -0.39 is 10.0 Å². The molecular formula is C22H17BrClN5O2S. The first-order valence-corrected chi connectivity index (χ1v) is 12.2. The van der Waals surface area contributed by atoms with Crippen LogP contribution in [0.1, 0.15) is 11.1 Å². The molecule has 162 valence electrons. The highest BCUT2D eigenvalue weighted by molar-refractivity contribution is 9.10. The molecule has 0 aliphatic heterocycles. The zero-order chi connectivity index (χ0) is 22.6. The van der Waals surface area contributed by atoms with Crippen LogP contribution in [0.3, 0.4) is 0 Å². The summed E-state index contributed by atoms with van der Waals surface area (Å²) in [6.07, 6.45) is 1.53. The third kappa shape index (κ3) is 6.03. The van der Waals surface area contributed by atoms with E-state index in [-0.39, 0.29) is 0 Å². The van der Waals surface area contributed by atoms with Crippen molar-refractivity contribution in [2.75, 3.05) is 4.72 Å². The number of hydrogen-bond donors (Lipinski definition) is 1. The highest BCUT2D eigenvalue weighted by Crippen LogP contribution is 2.21. The number of benzene rings is 3. The highest BCUT2D eigenvalue weighted by atomic mass is 79.9. The molecule has 0 unspecified atom stereocenters. The summed E-state index contributed by atoms with van der Waals surface area (Å²) in [4.78, 5) is 1.46. The number of rotatable bonds is 7. The Morgan fingerprint density at radius 3 is 2.66 bits per heavy atom. The monoisotopic (exact) mass is 529 g/mol. The molecule has 0 aliphatic carbocycles. The van der Waals surface area contributed by atoms with Gasteiger partial charge in [0.2, 0.25) is 5.82 Å². The van der Waals surface area contributed by atoms with Crippen LogP contribution in [0, 0.1) is 0 Å². The van der Waals surface area contributed by atoms with Crippen molar-refractivity contribution in [1.29, 1.82) is 0 Å². The molecule has 4 rings (SSSR count). The van der Waals surface area contributed by atoms with Gasteiger partial charge < -0.3 is 0 Å². The summed E-state index contributed by atoms with van der Waals surface area (Å²) in [5.74, 6) is 0.387. The second-order valence-corrected chi connectivity index (χ2v) is 9.78. The molecule has 32 heavy (non-hydrogen) atoms. The van der Waals surface area contributed by atoms with Crippen LogP contribution in [0.4, 0.5) is 5.69 Å². The van der Waals surface area contributed by atoms with Crippen molar-refractivity contribution in [3.8, 4) is 11.4 Å². The molecule has 1 heterocycles. The van der Waals surface area contributed by atoms with Crippen molar-refractivity contribution in [1.82, 2.24) is 20.2 Å². The SMILES string of the molecule is O=S(=O)(/C=C/c1cccc(Br)c1)Nc1cccc(-c2nnn(Cc3cccc(Cl)c3)n2)c1. The van der Waals surface area contributed by atoms with Gasteiger partial charge in [0.25, 0.3) is 10.0 Å². The molecule has 0 amide bonds. The summed E-state index contributed by atoms with van der Waals surface area (Å²) in [5.41, 5.74) is 2.74. The van der Waals surface area contributed by atoms with Gasteiger partial charge in [0.15, 0.2) is 0 Å². The smallest absolute Gasteiger partial charge is 0.255 e. The van der Waals surface area contributed by atoms with Gasteiger partial charge in [-0.25, -0.2) is 8.42 Å². The van der Waals surface area contributed by atoms with Gasteiger partial charge in [-0.1, -0.05) is 63.9 Å². The van der Waals surface area contributed by atoms with Crippen LogP contribution >= 0.6 is 27.5 Å². The maximum Gasteiger partial charge on any atom is 0.255 e. The van der Waals surface area contributed by atoms with Crippen LogP contribution in [0.2, 0.25) is 5.02 Å². The van der Waals surface area contributed by atoms with Crippen molar-refractivity contribution < 1.29 is 8.42 Å².